The summed E-state index contributed by atoms with van der Waals surface area (Å²) in [4.78, 5) is 14.5. The fraction of sp³-hybridized carbons (Fsp3) is 0.692. The Balaban J connectivity index is 2.18. The van der Waals surface area contributed by atoms with Crippen molar-refractivity contribution in [3.8, 4) is 0 Å². The van der Waals surface area contributed by atoms with Crippen LogP contribution in [0.1, 0.15) is 29.9 Å². The van der Waals surface area contributed by atoms with Crippen LogP contribution in [-0.4, -0.2) is 51.2 Å². The first-order chi connectivity index (χ1) is 9.05. The molecule has 106 valence electrons. The van der Waals surface area contributed by atoms with E-state index in [1.165, 1.54) is 0 Å². The van der Waals surface area contributed by atoms with E-state index in [1.54, 1.807) is 4.68 Å². The Kier molecular flexibility index (Phi) is 4.62. The van der Waals surface area contributed by atoms with E-state index in [0.29, 0.717) is 18.7 Å². The van der Waals surface area contributed by atoms with Crippen molar-refractivity contribution in [2.24, 2.45) is 7.05 Å². The average molecular weight is 330 g/mol. The molecule has 1 aliphatic heterocycles. The molecule has 2 atom stereocenters. The number of amides is 1. The minimum absolute atomic E-state index is 0.0612. The summed E-state index contributed by atoms with van der Waals surface area (Å²) in [5.74, 6) is 0.0612. The highest BCUT2D eigenvalue weighted by Crippen LogP contribution is 2.17. The van der Waals surface area contributed by atoms with Crippen LogP contribution in [0.25, 0.3) is 0 Å². The van der Waals surface area contributed by atoms with Crippen molar-refractivity contribution in [2.75, 3.05) is 18.4 Å². The topological polar surface area (TPSA) is 47.4 Å². The van der Waals surface area contributed by atoms with E-state index in [9.17, 15) is 4.79 Å². The second kappa shape index (κ2) is 6.05. The molecule has 0 aliphatic carbocycles. The lowest BCUT2D eigenvalue weighted by Gasteiger charge is -2.36. The van der Waals surface area contributed by atoms with Crippen molar-refractivity contribution in [2.45, 2.75) is 32.5 Å². The van der Waals surface area contributed by atoms with Gasteiger partial charge in [-0.25, -0.2) is 0 Å². The van der Waals surface area contributed by atoms with Crippen LogP contribution in [0.4, 0.5) is 0 Å². The number of aromatic nitrogens is 2. The normalized spacial score (nSPS) is 23.7. The molecule has 0 saturated carbocycles. The molecule has 1 aliphatic rings. The molecule has 0 N–H and O–H groups in total. The molecule has 0 spiro atoms. The highest BCUT2D eigenvalue weighted by atomic mass is 79.9. The van der Waals surface area contributed by atoms with Crippen LogP contribution in [0.3, 0.4) is 0 Å². The van der Waals surface area contributed by atoms with Gasteiger partial charge in [0.05, 0.1) is 23.5 Å². The first kappa shape index (κ1) is 14.5. The molecule has 1 saturated heterocycles. The molecule has 5 nitrogen and oxygen atoms in total. The molecule has 2 heterocycles. The van der Waals surface area contributed by atoms with Gasteiger partial charge in [0.25, 0.3) is 5.91 Å². The van der Waals surface area contributed by atoms with Gasteiger partial charge in [0.1, 0.15) is 0 Å². The second-order valence-electron chi connectivity index (χ2n) is 4.95. The third kappa shape index (κ3) is 3.17. The van der Waals surface area contributed by atoms with Crippen LogP contribution in [0, 0.1) is 0 Å². The van der Waals surface area contributed by atoms with E-state index in [1.807, 2.05) is 32.0 Å². The van der Waals surface area contributed by atoms with Gasteiger partial charge in [-0.3, -0.25) is 9.48 Å². The van der Waals surface area contributed by atoms with Gasteiger partial charge in [-0.1, -0.05) is 22.9 Å². The third-order valence-electron chi connectivity index (χ3n) is 3.26. The molecule has 0 aromatic carbocycles. The van der Waals surface area contributed by atoms with E-state index >= 15 is 0 Å². The van der Waals surface area contributed by atoms with E-state index in [0.717, 1.165) is 17.4 Å². The summed E-state index contributed by atoms with van der Waals surface area (Å²) < 4.78 is 7.46. The summed E-state index contributed by atoms with van der Waals surface area (Å²) in [6, 6.07) is 0. The number of hydrogen-bond donors (Lipinski definition) is 0. The maximum Gasteiger partial charge on any atom is 0.257 e. The Labute approximate surface area is 122 Å². The van der Waals surface area contributed by atoms with Crippen molar-refractivity contribution in [1.82, 2.24) is 14.7 Å². The molecule has 0 radical (unpaired) electrons. The number of nitrogens with zero attached hydrogens (tertiary/aromatic N) is 3. The summed E-state index contributed by atoms with van der Waals surface area (Å²) in [7, 11) is 1.85. The van der Waals surface area contributed by atoms with Gasteiger partial charge in [-0.2, -0.15) is 5.10 Å². The molecule has 1 fully saturated rings. The molecule has 0 bridgehead atoms. The van der Waals surface area contributed by atoms with Gasteiger partial charge in [-0.15, -0.1) is 0 Å². The summed E-state index contributed by atoms with van der Waals surface area (Å²) in [6.45, 7) is 5.29. The number of carbonyl (C=O) groups is 1. The van der Waals surface area contributed by atoms with Gasteiger partial charge in [0.2, 0.25) is 0 Å². The minimum Gasteiger partial charge on any atom is -0.371 e. The number of carbonyl (C=O) groups excluding carboxylic acids is 1. The maximum atomic E-state index is 12.6. The molecule has 6 heteroatoms. The van der Waals surface area contributed by atoms with E-state index in [-0.39, 0.29) is 18.1 Å². The van der Waals surface area contributed by atoms with Crippen molar-refractivity contribution in [3.63, 3.8) is 0 Å². The Morgan fingerprint density at radius 3 is 2.95 bits per heavy atom. The zero-order chi connectivity index (χ0) is 14.0. The molecule has 1 aromatic rings. The van der Waals surface area contributed by atoms with Gasteiger partial charge in [0.15, 0.2) is 0 Å². The van der Waals surface area contributed by atoms with Crippen LogP contribution < -0.4 is 0 Å². The Bertz CT molecular complexity index is 461. The minimum atomic E-state index is 0.0612. The summed E-state index contributed by atoms with van der Waals surface area (Å²) >= 11 is 3.42. The zero-order valence-corrected chi connectivity index (χ0v) is 13.2. The second-order valence-corrected chi connectivity index (χ2v) is 5.60. The number of halogens is 1. The fourth-order valence-electron chi connectivity index (χ4n) is 2.44. The number of hydrogen-bond acceptors (Lipinski definition) is 3. The van der Waals surface area contributed by atoms with Crippen LogP contribution in [0.2, 0.25) is 0 Å². The molecular weight excluding hydrogens is 310 g/mol. The monoisotopic (exact) mass is 329 g/mol. The maximum absolute atomic E-state index is 12.6. The quantitative estimate of drug-likeness (QED) is 0.791. The highest BCUT2D eigenvalue weighted by molar-refractivity contribution is 9.09. The average Bonchev–Trinajstić information content (AvgIpc) is 2.78. The smallest absolute Gasteiger partial charge is 0.257 e. The van der Waals surface area contributed by atoms with Crippen molar-refractivity contribution in [1.29, 1.82) is 0 Å². The highest BCUT2D eigenvalue weighted by Gasteiger charge is 2.30. The van der Waals surface area contributed by atoms with Crippen LogP contribution in [0.5, 0.6) is 0 Å². The van der Waals surface area contributed by atoms with Crippen LogP contribution >= 0.6 is 15.9 Å². The number of rotatable bonds is 3. The van der Waals surface area contributed by atoms with Crippen molar-refractivity contribution >= 4 is 21.8 Å². The fourth-order valence-corrected chi connectivity index (χ4v) is 2.80. The molecule has 2 unspecified atom stereocenters. The van der Waals surface area contributed by atoms with Gasteiger partial charge in [-0.05, 0) is 13.3 Å². The summed E-state index contributed by atoms with van der Waals surface area (Å²) in [5.41, 5.74) is 1.58. The summed E-state index contributed by atoms with van der Waals surface area (Å²) in [6.07, 6.45) is 2.71. The Hall–Kier alpha value is -0.880. The summed E-state index contributed by atoms with van der Waals surface area (Å²) in [5, 5.41) is 5.08. The first-order valence-electron chi connectivity index (χ1n) is 6.58. The SMILES string of the molecule is CCc1nn(C)cc1C(=O)N1CC(C)OC(CBr)C1. The lowest BCUT2D eigenvalue weighted by atomic mass is 10.1. The van der Waals surface area contributed by atoms with E-state index in [2.05, 4.69) is 21.0 Å². The zero-order valence-electron chi connectivity index (χ0n) is 11.6. The lowest BCUT2D eigenvalue weighted by Crippen LogP contribution is -2.49. The van der Waals surface area contributed by atoms with E-state index in [4.69, 9.17) is 4.74 Å². The van der Waals surface area contributed by atoms with Gasteiger partial charge >= 0.3 is 0 Å². The number of alkyl halides is 1. The first-order valence-corrected chi connectivity index (χ1v) is 7.70. The van der Waals surface area contributed by atoms with E-state index < -0.39 is 0 Å². The van der Waals surface area contributed by atoms with Crippen molar-refractivity contribution in [3.05, 3.63) is 17.5 Å². The van der Waals surface area contributed by atoms with Crippen LogP contribution in [0.15, 0.2) is 6.20 Å². The van der Waals surface area contributed by atoms with Gasteiger partial charge in [0, 0.05) is 31.7 Å². The van der Waals surface area contributed by atoms with Crippen LogP contribution in [-0.2, 0) is 18.2 Å². The molecule has 1 amide bonds. The molecule has 19 heavy (non-hydrogen) atoms. The number of morpholine rings is 1. The molecule has 2 rings (SSSR count). The lowest BCUT2D eigenvalue weighted by molar-refractivity contribution is -0.0560. The standard InChI is InChI=1S/C13H20BrN3O2/c1-4-12-11(8-16(3)15-12)13(18)17-6-9(2)19-10(5-14)7-17/h8-10H,4-7H2,1-3H3. The predicted octanol–water partition coefficient (Wildman–Crippen LogP) is 1.61. The third-order valence-corrected chi connectivity index (χ3v) is 3.98. The predicted molar refractivity (Wildman–Crippen MR) is 76.6 cm³/mol. The number of ether oxygens (including phenoxy) is 1. The van der Waals surface area contributed by atoms with Crippen molar-refractivity contribution < 1.29 is 9.53 Å². The Morgan fingerprint density at radius 2 is 2.32 bits per heavy atom. The molecular formula is C13H20BrN3O2. The largest absolute Gasteiger partial charge is 0.371 e. The van der Waals surface area contributed by atoms with Gasteiger partial charge < -0.3 is 9.64 Å². The number of aryl methyl sites for hydroxylation is 2. The molecule has 1 aromatic heterocycles. The Morgan fingerprint density at radius 1 is 1.58 bits per heavy atom.